The Morgan fingerprint density at radius 1 is 1.54 bits per heavy atom. The van der Waals surface area contributed by atoms with Crippen molar-refractivity contribution in [3.05, 3.63) is 28.5 Å². The predicted molar refractivity (Wildman–Crippen MR) is 52.6 cm³/mol. The van der Waals surface area contributed by atoms with E-state index >= 15 is 0 Å². The molecule has 2 N–H and O–H groups in total. The van der Waals surface area contributed by atoms with Gasteiger partial charge in [-0.05, 0) is 6.92 Å². The van der Waals surface area contributed by atoms with Gasteiger partial charge >= 0.3 is 0 Å². The minimum absolute atomic E-state index is 0.549. The summed E-state index contributed by atoms with van der Waals surface area (Å²) in [6.07, 6.45) is 3.56. The van der Waals surface area contributed by atoms with E-state index in [1.54, 1.807) is 23.7 Å². The number of nitrogen functional groups attached to an aromatic ring is 1. The van der Waals surface area contributed by atoms with Gasteiger partial charge in [0, 0.05) is 17.3 Å². The van der Waals surface area contributed by atoms with Gasteiger partial charge in [-0.3, -0.25) is 0 Å². The molecule has 0 aliphatic rings. The molecule has 0 aliphatic heterocycles. The molecule has 2 aromatic rings. The standard InChI is InChI=1S/C8H10N4S/c1-6-4-11-8(9)12(6)5-7-10-2-3-13-7/h2-4H,5H2,1H3,(H2,9,11). The summed E-state index contributed by atoms with van der Waals surface area (Å²) in [5.41, 5.74) is 6.75. The summed E-state index contributed by atoms with van der Waals surface area (Å²) in [4.78, 5) is 8.20. The van der Waals surface area contributed by atoms with Gasteiger partial charge in [0.2, 0.25) is 5.95 Å². The lowest BCUT2D eigenvalue weighted by Crippen LogP contribution is -2.05. The summed E-state index contributed by atoms with van der Waals surface area (Å²) in [7, 11) is 0. The minimum Gasteiger partial charge on any atom is -0.369 e. The quantitative estimate of drug-likeness (QED) is 0.783. The summed E-state index contributed by atoms with van der Waals surface area (Å²) < 4.78 is 1.94. The van der Waals surface area contributed by atoms with E-state index in [0.717, 1.165) is 17.2 Å². The Morgan fingerprint density at radius 2 is 2.38 bits per heavy atom. The Labute approximate surface area is 80.1 Å². The number of aryl methyl sites for hydroxylation is 1. The highest BCUT2D eigenvalue weighted by Crippen LogP contribution is 2.12. The Hall–Kier alpha value is -1.36. The summed E-state index contributed by atoms with van der Waals surface area (Å²) in [5, 5.41) is 3.01. The van der Waals surface area contributed by atoms with Crippen molar-refractivity contribution in [1.82, 2.24) is 14.5 Å². The summed E-state index contributed by atoms with van der Waals surface area (Å²) in [5.74, 6) is 0.549. The number of anilines is 1. The van der Waals surface area contributed by atoms with Crippen LogP contribution in [-0.4, -0.2) is 14.5 Å². The zero-order valence-electron chi connectivity index (χ0n) is 7.27. The number of rotatable bonds is 2. The van der Waals surface area contributed by atoms with Crippen molar-refractivity contribution in [3.8, 4) is 0 Å². The van der Waals surface area contributed by atoms with Crippen molar-refractivity contribution in [2.24, 2.45) is 0 Å². The van der Waals surface area contributed by atoms with Crippen molar-refractivity contribution < 1.29 is 0 Å². The van der Waals surface area contributed by atoms with Crippen LogP contribution >= 0.6 is 11.3 Å². The molecule has 68 valence electrons. The average molecular weight is 194 g/mol. The average Bonchev–Trinajstić information content (AvgIpc) is 2.70. The van der Waals surface area contributed by atoms with Gasteiger partial charge in [0.05, 0.1) is 12.7 Å². The maximum Gasteiger partial charge on any atom is 0.200 e. The lowest BCUT2D eigenvalue weighted by Gasteiger charge is -2.03. The first kappa shape index (κ1) is 8.25. The molecule has 0 aromatic carbocycles. The van der Waals surface area contributed by atoms with Crippen LogP contribution in [0.1, 0.15) is 10.7 Å². The molecule has 13 heavy (non-hydrogen) atoms. The summed E-state index contributed by atoms with van der Waals surface area (Å²) in [6.45, 7) is 2.70. The monoisotopic (exact) mass is 194 g/mol. The molecule has 0 atom stereocenters. The molecule has 0 bridgehead atoms. The molecule has 0 amide bonds. The van der Waals surface area contributed by atoms with Crippen molar-refractivity contribution in [2.45, 2.75) is 13.5 Å². The zero-order chi connectivity index (χ0) is 9.26. The minimum atomic E-state index is 0.549. The van der Waals surface area contributed by atoms with E-state index in [0.29, 0.717) is 5.95 Å². The van der Waals surface area contributed by atoms with Crippen LogP contribution in [0.2, 0.25) is 0 Å². The number of thiazole rings is 1. The predicted octanol–water partition coefficient (Wildman–Crippen LogP) is 1.28. The van der Waals surface area contributed by atoms with Crippen LogP contribution in [0.4, 0.5) is 5.95 Å². The number of hydrogen-bond donors (Lipinski definition) is 1. The second-order valence-electron chi connectivity index (χ2n) is 2.77. The molecule has 2 heterocycles. The van der Waals surface area contributed by atoms with E-state index < -0.39 is 0 Å². The van der Waals surface area contributed by atoms with Crippen molar-refractivity contribution >= 4 is 17.3 Å². The lowest BCUT2D eigenvalue weighted by molar-refractivity contribution is 0.777. The number of nitrogens with two attached hydrogens (primary N) is 1. The van der Waals surface area contributed by atoms with Crippen LogP contribution in [-0.2, 0) is 6.54 Å². The van der Waals surface area contributed by atoms with Gasteiger partial charge in [-0.2, -0.15) is 0 Å². The molecule has 0 unspecified atom stereocenters. The maximum absolute atomic E-state index is 5.69. The number of hydrogen-bond acceptors (Lipinski definition) is 4. The van der Waals surface area contributed by atoms with Gasteiger partial charge in [-0.25, -0.2) is 9.97 Å². The van der Waals surface area contributed by atoms with Crippen LogP contribution in [0.5, 0.6) is 0 Å². The lowest BCUT2D eigenvalue weighted by atomic mass is 10.5. The third-order valence-electron chi connectivity index (χ3n) is 1.86. The first-order chi connectivity index (χ1) is 6.27. The first-order valence-electron chi connectivity index (χ1n) is 3.93. The van der Waals surface area contributed by atoms with Crippen molar-refractivity contribution in [3.63, 3.8) is 0 Å². The maximum atomic E-state index is 5.69. The molecule has 4 nitrogen and oxygen atoms in total. The molecule has 5 heteroatoms. The molecule has 0 saturated heterocycles. The van der Waals surface area contributed by atoms with E-state index in [2.05, 4.69) is 9.97 Å². The normalized spacial score (nSPS) is 10.5. The molecule has 2 rings (SSSR count). The van der Waals surface area contributed by atoms with Crippen LogP contribution in [0.25, 0.3) is 0 Å². The van der Waals surface area contributed by atoms with Gasteiger partial charge in [0.15, 0.2) is 0 Å². The van der Waals surface area contributed by atoms with Gasteiger partial charge in [0.25, 0.3) is 0 Å². The third-order valence-corrected chi connectivity index (χ3v) is 2.63. The smallest absolute Gasteiger partial charge is 0.200 e. The Bertz CT molecular complexity index is 371. The van der Waals surface area contributed by atoms with E-state index in [1.165, 1.54) is 0 Å². The number of aromatic nitrogens is 3. The summed E-state index contributed by atoms with van der Waals surface area (Å²) in [6, 6.07) is 0. The van der Waals surface area contributed by atoms with E-state index in [1.807, 2.05) is 16.9 Å². The second-order valence-corrected chi connectivity index (χ2v) is 3.75. The molecule has 0 spiro atoms. The van der Waals surface area contributed by atoms with Crippen LogP contribution in [0.15, 0.2) is 17.8 Å². The molecule has 0 saturated carbocycles. The van der Waals surface area contributed by atoms with Gasteiger partial charge in [0.1, 0.15) is 5.01 Å². The highest BCUT2D eigenvalue weighted by molar-refractivity contribution is 7.09. The van der Waals surface area contributed by atoms with Crippen LogP contribution in [0.3, 0.4) is 0 Å². The Balaban J connectivity index is 2.27. The second kappa shape index (κ2) is 3.18. The Kier molecular flexibility index (Phi) is 2.02. The highest BCUT2D eigenvalue weighted by atomic mass is 32.1. The number of imidazole rings is 1. The largest absolute Gasteiger partial charge is 0.369 e. The van der Waals surface area contributed by atoms with E-state index in [9.17, 15) is 0 Å². The van der Waals surface area contributed by atoms with Crippen LogP contribution < -0.4 is 5.73 Å². The highest BCUT2D eigenvalue weighted by Gasteiger charge is 2.04. The summed E-state index contributed by atoms with van der Waals surface area (Å²) >= 11 is 1.62. The SMILES string of the molecule is Cc1cnc(N)n1Cc1nccs1. The van der Waals surface area contributed by atoms with Gasteiger partial charge < -0.3 is 10.3 Å². The third kappa shape index (κ3) is 1.55. The molecule has 0 aliphatic carbocycles. The zero-order valence-corrected chi connectivity index (χ0v) is 8.08. The fourth-order valence-corrected chi connectivity index (χ4v) is 1.76. The molecule has 0 fully saturated rings. The van der Waals surface area contributed by atoms with E-state index in [4.69, 9.17) is 5.73 Å². The molecule has 2 aromatic heterocycles. The van der Waals surface area contributed by atoms with Gasteiger partial charge in [-0.15, -0.1) is 11.3 Å². The number of nitrogens with zero attached hydrogens (tertiary/aromatic N) is 3. The van der Waals surface area contributed by atoms with Gasteiger partial charge in [-0.1, -0.05) is 0 Å². The topological polar surface area (TPSA) is 56.7 Å². The molecular weight excluding hydrogens is 184 g/mol. The molecule has 0 radical (unpaired) electrons. The first-order valence-corrected chi connectivity index (χ1v) is 4.81. The van der Waals surface area contributed by atoms with Crippen LogP contribution in [0, 0.1) is 6.92 Å². The van der Waals surface area contributed by atoms with Crippen molar-refractivity contribution in [1.29, 1.82) is 0 Å². The fourth-order valence-electron chi connectivity index (χ4n) is 1.15. The Morgan fingerprint density at radius 3 is 2.92 bits per heavy atom. The fraction of sp³-hybridized carbons (Fsp3) is 0.250. The molecular formula is C8H10N4S. The van der Waals surface area contributed by atoms with E-state index in [-0.39, 0.29) is 0 Å². The van der Waals surface area contributed by atoms with Crippen molar-refractivity contribution in [2.75, 3.05) is 5.73 Å².